The third-order valence-corrected chi connectivity index (χ3v) is 4.61. The van der Waals surface area contributed by atoms with Crippen LogP contribution in [-0.4, -0.2) is 41.3 Å². The Morgan fingerprint density at radius 1 is 1.14 bits per heavy atom. The van der Waals surface area contributed by atoms with Gasteiger partial charge in [-0.05, 0) is 31.0 Å². The molecule has 116 valence electrons. The first-order valence-electron chi connectivity index (χ1n) is 7.38. The van der Waals surface area contributed by atoms with Crippen LogP contribution in [0.25, 0.3) is 11.4 Å². The standard InChI is InChI=1S/C16H19IN4O/c1-11-3-4-13(10-17)9-14(11)15-18-12(2)19-16(20-15)21-5-7-22-8-6-21/h3-4,9H,5-8,10H2,1-2H3. The van der Waals surface area contributed by atoms with Gasteiger partial charge in [-0.3, -0.25) is 0 Å². The number of ether oxygens (including phenoxy) is 1. The van der Waals surface area contributed by atoms with Gasteiger partial charge in [0.05, 0.1) is 13.2 Å². The number of morpholine rings is 1. The van der Waals surface area contributed by atoms with E-state index in [1.807, 2.05) is 6.92 Å². The highest BCUT2D eigenvalue weighted by atomic mass is 127. The lowest BCUT2D eigenvalue weighted by Gasteiger charge is -2.27. The van der Waals surface area contributed by atoms with E-state index in [9.17, 15) is 0 Å². The molecule has 0 N–H and O–H groups in total. The maximum Gasteiger partial charge on any atom is 0.229 e. The summed E-state index contributed by atoms with van der Waals surface area (Å²) in [6, 6.07) is 6.47. The number of halogens is 1. The van der Waals surface area contributed by atoms with Crippen LogP contribution in [0.4, 0.5) is 5.95 Å². The number of rotatable bonds is 3. The molecule has 0 amide bonds. The average Bonchev–Trinajstić information content (AvgIpc) is 2.55. The molecule has 1 aliphatic rings. The number of hydrogen-bond acceptors (Lipinski definition) is 5. The summed E-state index contributed by atoms with van der Waals surface area (Å²) < 4.78 is 6.38. The second-order valence-electron chi connectivity index (χ2n) is 5.39. The molecule has 0 aliphatic carbocycles. The highest BCUT2D eigenvalue weighted by molar-refractivity contribution is 14.1. The predicted octanol–water partition coefficient (Wildman–Crippen LogP) is 2.93. The molecule has 0 spiro atoms. The van der Waals surface area contributed by atoms with Crippen LogP contribution in [0.3, 0.4) is 0 Å². The molecule has 2 heterocycles. The Morgan fingerprint density at radius 2 is 1.91 bits per heavy atom. The van der Waals surface area contributed by atoms with Crippen molar-refractivity contribution in [1.82, 2.24) is 15.0 Å². The van der Waals surface area contributed by atoms with Crippen molar-refractivity contribution in [2.75, 3.05) is 31.2 Å². The van der Waals surface area contributed by atoms with Gasteiger partial charge in [0.1, 0.15) is 5.82 Å². The second-order valence-corrected chi connectivity index (χ2v) is 6.15. The Hall–Kier alpha value is -1.28. The zero-order valence-corrected chi connectivity index (χ0v) is 15.0. The van der Waals surface area contributed by atoms with Gasteiger partial charge in [-0.1, -0.05) is 34.7 Å². The zero-order chi connectivity index (χ0) is 15.5. The fourth-order valence-corrected chi connectivity index (χ4v) is 2.96. The van der Waals surface area contributed by atoms with E-state index < -0.39 is 0 Å². The topological polar surface area (TPSA) is 51.1 Å². The molecule has 2 aromatic rings. The van der Waals surface area contributed by atoms with Crippen LogP contribution in [-0.2, 0) is 9.16 Å². The number of anilines is 1. The minimum atomic E-state index is 0.726. The molecule has 3 rings (SSSR count). The van der Waals surface area contributed by atoms with Crippen LogP contribution in [0.15, 0.2) is 18.2 Å². The predicted molar refractivity (Wildman–Crippen MR) is 95.5 cm³/mol. The van der Waals surface area contributed by atoms with Crippen molar-refractivity contribution >= 4 is 28.5 Å². The lowest BCUT2D eigenvalue weighted by molar-refractivity contribution is 0.122. The molecule has 1 fully saturated rings. The van der Waals surface area contributed by atoms with E-state index in [0.29, 0.717) is 0 Å². The van der Waals surface area contributed by atoms with Crippen LogP contribution in [0.2, 0.25) is 0 Å². The highest BCUT2D eigenvalue weighted by Gasteiger charge is 2.17. The molecule has 6 heteroatoms. The number of alkyl halides is 1. The summed E-state index contributed by atoms with van der Waals surface area (Å²) in [5, 5.41) is 0. The van der Waals surface area contributed by atoms with E-state index >= 15 is 0 Å². The molecular weight excluding hydrogens is 391 g/mol. The summed E-state index contributed by atoms with van der Waals surface area (Å²) in [5.41, 5.74) is 3.56. The minimum absolute atomic E-state index is 0.726. The van der Waals surface area contributed by atoms with Gasteiger partial charge in [0.2, 0.25) is 5.95 Å². The van der Waals surface area contributed by atoms with E-state index in [-0.39, 0.29) is 0 Å². The Labute approximate surface area is 144 Å². The van der Waals surface area contributed by atoms with Crippen LogP contribution in [0.1, 0.15) is 17.0 Å². The first-order chi connectivity index (χ1) is 10.7. The number of aromatic nitrogens is 3. The minimum Gasteiger partial charge on any atom is -0.378 e. The lowest BCUT2D eigenvalue weighted by atomic mass is 10.1. The molecule has 0 atom stereocenters. The van der Waals surface area contributed by atoms with E-state index in [1.165, 1.54) is 11.1 Å². The quantitative estimate of drug-likeness (QED) is 0.576. The summed E-state index contributed by atoms with van der Waals surface area (Å²) in [4.78, 5) is 15.9. The number of aryl methyl sites for hydroxylation is 2. The molecule has 1 saturated heterocycles. The summed E-state index contributed by atoms with van der Waals surface area (Å²) in [6.07, 6.45) is 0. The van der Waals surface area contributed by atoms with Gasteiger partial charge >= 0.3 is 0 Å². The maximum atomic E-state index is 5.40. The summed E-state index contributed by atoms with van der Waals surface area (Å²) in [6.45, 7) is 7.13. The van der Waals surface area contributed by atoms with Crippen molar-refractivity contribution in [2.45, 2.75) is 18.3 Å². The third-order valence-electron chi connectivity index (χ3n) is 3.73. The Kier molecular flexibility index (Phi) is 4.87. The molecule has 0 unspecified atom stereocenters. The van der Waals surface area contributed by atoms with Crippen LogP contribution < -0.4 is 4.90 Å². The summed E-state index contributed by atoms with van der Waals surface area (Å²) in [5.74, 6) is 2.27. The maximum absolute atomic E-state index is 5.40. The Balaban J connectivity index is 2.02. The van der Waals surface area contributed by atoms with Crippen molar-refractivity contribution in [3.63, 3.8) is 0 Å². The fraction of sp³-hybridized carbons (Fsp3) is 0.438. The fourth-order valence-electron chi connectivity index (χ4n) is 2.49. The molecular formula is C16H19IN4O. The lowest BCUT2D eigenvalue weighted by Crippen LogP contribution is -2.37. The number of nitrogens with zero attached hydrogens (tertiary/aromatic N) is 4. The van der Waals surface area contributed by atoms with Crippen molar-refractivity contribution in [3.05, 3.63) is 35.2 Å². The molecule has 1 aliphatic heterocycles. The third kappa shape index (κ3) is 3.38. The van der Waals surface area contributed by atoms with Gasteiger partial charge in [-0.15, -0.1) is 0 Å². The SMILES string of the molecule is Cc1nc(-c2cc(CI)ccc2C)nc(N2CCOCC2)n1. The van der Waals surface area contributed by atoms with Gasteiger partial charge in [0, 0.05) is 23.1 Å². The Bertz CT molecular complexity index is 671. The molecule has 1 aromatic carbocycles. The van der Waals surface area contributed by atoms with Crippen molar-refractivity contribution in [1.29, 1.82) is 0 Å². The van der Waals surface area contributed by atoms with Crippen LogP contribution >= 0.6 is 22.6 Å². The van der Waals surface area contributed by atoms with Gasteiger partial charge in [0.15, 0.2) is 5.82 Å². The monoisotopic (exact) mass is 410 g/mol. The van der Waals surface area contributed by atoms with Gasteiger partial charge < -0.3 is 9.64 Å². The zero-order valence-electron chi connectivity index (χ0n) is 12.8. The van der Waals surface area contributed by atoms with Crippen LogP contribution in [0.5, 0.6) is 0 Å². The smallest absolute Gasteiger partial charge is 0.229 e. The summed E-state index contributed by atoms with van der Waals surface area (Å²) >= 11 is 2.37. The highest BCUT2D eigenvalue weighted by Crippen LogP contribution is 2.24. The normalized spacial score (nSPS) is 15.1. The average molecular weight is 410 g/mol. The second kappa shape index (κ2) is 6.87. The largest absolute Gasteiger partial charge is 0.378 e. The van der Waals surface area contributed by atoms with Crippen molar-refractivity contribution in [3.8, 4) is 11.4 Å². The van der Waals surface area contributed by atoms with Gasteiger partial charge in [0.25, 0.3) is 0 Å². The number of benzene rings is 1. The van der Waals surface area contributed by atoms with Crippen LogP contribution in [0, 0.1) is 13.8 Å². The van der Waals surface area contributed by atoms with E-state index in [2.05, 4.69) is 62.6 Å². The van der Waals surface area contributed by atoms with Crippen molar-refractivity contribution in [2.24, 2.45) is 0 Å². The van der Waals surface area contributed by atoms with E-state index in [1.54, 1.807) is 0 Å². The molecule has 0 bridgehead atoms. The van der Waals surface area contributed by atoms with E-state index in [0.717, 1.165) is 53.9 Å². The molecule has 1 aromatic heterocycles. The summed E-state index contributed by atoms with van der Waals surface area (Å²) in [7, 11) is 0. The molecule has 0 saturated carbocycles. The first-order valence-corrected chi connectivity index (χ1v) is 8.91. The Morgan fingerprint density at radius 3 is 2.64 bits per heavy atom. The van der Waals surface area contributed by atoms with Gasteiger partial charge in [-0.2, -0.15) is 9.97 Å². The van der Waals surface area contributed by atoms with Gasteiger partial charge in [-0.25, -0.2) is 4.98 Å². The molecule has 5 nitrogen and oxygen atoms in total. The van der Waals surface area contributed by atoms with E-state index in [4.69, 9.17) is 9.72 Å². The molecule has 22 heavy (non-hydrogen) atoms. The number of hydrogen-bond donors (Lipinski definition) is 0. The van der Waals surface area contributed by atoms with Crippen molar-refractivity contribution < 1.29 is 4.74 Å². The first kappa shape index (κ1) is 15.6. The molecule has 0 radical (unpaired) electrons.